The Morgan fingerprint density at radius 1 is 1.06 bits per heavy atom. The molecule has 31 heavy (non-hydrogen) atoms. The van der Waals surface area contributed by atoms with E-state index in [4.69, 9.17) is 27.9 Å². The number of rotatable bonds is 7. The zero-order valence-corrected chi connectivity index (χ0v) is 19.4. The molecule has 9 heteroatoms. The number of hydrogen-bond acceptors (Lipinski definition) is 5. The average Bonchev–Trinajstić information content (AvgIpc) is 3.18. The summed E-state index contributed by atoms with van der Waals surface area (Å²) in [6.07, 6.45) is -0.751. The van der Waals surface area contributed by atoms with Crippen LogP contribution < -0.4 is 15.4 Å². The first-order valence-corrected chi connectivity index (χ1v) is 11.1. The number of carbonyl (C=O) groups excluding carboxylic acids is 2. The molecule has 2 aromatic carbocycles. The Bertz CT molecular complexity index is 1090. The second-order valence-corrected chi connectivity index (χ2v) is 8.58. The quantitative estimate of drug-likeness (QED) is 0.455. The SMILES string of the molecule is CC(=O)N[C@@H](C)c1ccc(-c2csc(NC(=O)[C@H](C)Oc3ccc(Cl)c(Cl)c3)n2)cc1. The lowest BCUT2D eigenvalue weighted by molar-refractivity contribution is -0.122. The molecule has 0 radical (unpaired) electrons. The van der Waals surface area contributed by atoms with Crippen molar-refractivity contribution in [1.29, 1.82) is 0 Å². The molecule has 0 saturated heterocycles. The van der Waals surface area contributed by atoms with E-state index in [1.165, 1.54) is 18.3 Å². The molecule has 2 amide bonds. The Labute approximate surface area is 194 Å². The minimum atomic E-state index is -0.751. The highest BCUT2D eigenvalue weighted by Gasteiger charge is 2.17. The zero-order valence-electron chi connectivity index (χ0n) is 17.1. The van der Waals surface area contributed by atoms with Gasteiger partial charge < -0.3 is 10.1 Å². The van der Waals surface area contributed by atoms with E-state index >= 15 is 0 Å². The number of carbonyl (C=O) groups is 2. The molecule has 0 saturated carbocycles. The van der Waals surface area contributed by atoms with Crippen LogP contribution in [0.1, 0.15) is 32.4 Å². The number of amides is 2. The van der Waals surface area contributed by atoms with Crippen molar-refractivity contribution in [2.45, 2.75) is 32.9 Å². The van der Waals surface area contributed by atoms with Crippen LogP contribution in [0.25, 0.3) is 11.3 Å². The van der Waals surface area contributed by atoms with Gasteiger partial charge in [0.15, 0.2) is 11.2 Å². The normalized spacial score (nSPS) is 12.7. The van der Waals surface area contributed by atoms with Gasteiger partial charge in [-0.2, -0.15) is 0 Å². The van der Waals surface area contributed by atoms with Crippen molar-refractivity contribution in [3.05, 3.63) is 63.5 Å². The number of nitrogens with zero attached hydrogens (tertiary/aromatic N) is 1. The van der Waals surface area contributed by atoms with Crippen LogP contribution in [0, 0.1) is 0 Å². The van der Waals surface area contributed by atoms with Gasteiger partial charge in [-0.1, -0.05) is 47.5 Å². The summed E-state index contributed by atoms with van der Waals surface area (Å²) >= 11 is 13.2. The lowest BCUT2D eigenvalue weighted by Crippen LogP contribution is -2.30. The van der Waals surface area contributed by atoms with Gasteiger partial charge in [0, 0.05) is 23.9 Å². The second kappa shape index (κ2) is 10.1. The van der Waals surface area contributed by atoms with Gasteiger partial charge in [0.1, 0.15) is 5.75 Å². The monoisotopic (exact) mass is 477 g/mol. The first-order chi connectivity index (χ1) is 14.7. The number of thiazole rings is 1. The molecule has 6 nitrogen and oxygen atoms in total. The molecule has 0 unspecified atom stereocenters. The fourth-order valence-corrected chi connectivity index (χ4v) is 3.82. The predicted octanol–water partition coefficient (Wildman–Crippen LogP) is 5.72. The molecule has 3 rings (SSSR count). The van der Waals surface area contributed by atoms with E-state index in [9.17, 15) is 9.59 Å². The lowest BCUT2D eigenvalue weighted by Gasteiger charge is -2.14. The Hall–Kier alpha value is -2.61. The van der Waals surface area contributed by atoms with Gasteiger partial charge in [-0.15, -0.1) is 11.3 Å². The van der Waals surface area contributed by atoms with Crippen molar-refractivity contribution in [3.8, 4) is 17.0 Å². The summed E-state index contributed by atoms with van der Waals surface area (Å²) in [4.78, 5) is 28.2. The van der Waals surface area contributed by atoms with Crippen LogP contribution in [0.2, 0.25) is 10.0 Å². The van der Waals surface area contributed by atoms with E-state index < -0.39 is 6.10 Å². The van der Waals surface area contributed by atoms with Crippen LogP contribution in [-0.2, 0) is 9.59 Å². The summed E-state index contributed by atoms with van der Waals surface area (Å²) in [6.45, 7) is 5.06. The standard InChI is InChI=1S/C22H21Cl2N3O3S/c1-12(25-14(3)28)15-4-6-16(7-5-15)20-11-31-22(26-20)27-21(29)13(2)30-17-8-9-18(23)19(24)10-17/h4-13H,1-3H3,(H,25,28)(H,26,27,29)/t12-,13-/m0/s1. The zero-order chi connectivity index (χ0) is 22.5. The Morgan fingerprint density at radius 3 is 2.42 bits per heavy atom. The van der Waals surface area contributed by atoms with E-state index in [-0.39, 0.29) is 17.9 Å². The maximum Gasteiger partial charge on any atom is 0.266 e. The van der Waals surface area contributed by atoms with Gasteiger partial charge >= 0.3 is 0 Å². The molecule has 2 atom stereocenters. The van der Waals surface area contributed by atoms with Crippen LogP contribution in [0.3, 0.4) is 0 Å². The molecular formula is C22H21Cl2N3O3S. The van der Waals surface area contributed by atoms with Gasteiger partial charge in [0.25, 0.3) is 5.91 Å². The summed E-state index contributed by atoms with van der Waals surface area (Å²) in [5.41, 5.74) is 2.66. The molecular weight excluding hydrogens is 457 g/mol. The number of ether oxygens (including phenoxy) is 1. The van der Waals surface area contributed by atoms with Crippen molar-refractivity contribution in [2.75, 3.05) is 5.32 Å². The van der Waals surface area contributed by atoms with Gasteiger partial charge in [0.2, 0.25) is 5.91 Å². The summed E-state index contributed by atoms with van der Waals surface area (Å²) < 4.78 is 5.63. The molecule has 0 aliphatic heterocycles. The van der Waals surface area contributed by atoms with E-state index in [1.54, 1.807) is 25.1 Å². The molecule has 2 N–H and O–H groups in total. The molecule has 0 aliphatic carbocycles. The predicted molar refractivity (Wildman–Crippen MR) is 125 cm³/mol. The molecule has 1 aromatic heterocycles. The number of nitrogens with one attached hydrogen (secondary N) is 2. The third-order valence-corrected chi connectivity index (χ3v) is 5.93. The minimum absolute atomic E-state index is 0.0751. The number of hydrogen-bond donors (Lipinski definition) is 2. The van der Waals surface area contributed by atoms with Crippen LogP contribution in [0.5, 0.6) is 5.75 Å². The number of aromatic nitrogens is 1. The van der Waals surface area contributed by atoms with Crippen molar-refractivity contribution in [3.63, 3.8) is 0 Å². The maximum absolute atomic E-state index is 12.5. The summed E-state index contributed by atoms with van der Waals surface area (Å²) in [5, 5.41) is 8.73. The summed E-state index contributed by atoms with van der Waals surface area (Å²) in [7, 11) is 0. The van der Waals surface area contributed by atoms with E-state index in [2.05, 4.69) is 15.6 Å². The van der Waals surface area contributed by atoms with E-state index in [1.807, 2.05) is 36.6 Å². The summed E-state index contributed by atoms with van der Waals surface area (Å²) in [6, 6.07) is 12.5. The van der Waals surface area contributed by atoms with Crippen molar-refractivity contribution in [1.82, 2.24) is 10.3 Å². The molecule has 0 bridgehead atoms. The Morgan fingerprint density at radius 2 is 1.77 bits per heavy atom. The van der Waals surface area contributed by atoms with Crippen molar-refractivity contribution >= 4 is 51.5 Å². The van der Waals surface area contributed by atoms with Crippen LogP contribution in [0.4, 0.5) is 5.13 Å². The fraction of sp³-hybridized carbons (Fsp3) is 0.227. The molecule has 0 aliphatic rings. The molecule has 3 aromatic rings. The van der Waals surface area contributed by atoms with Crippen LogP contribution >= 0.6 is 34.5 Å². The lowest BCUT2D eigenvalue weighted by atomic mass is 10.1. The number of benzene rings is 2. The van der Waals surface area contributed by atoms with Gasteiger partial charge in [-0.05, 0) is 31.5 Å². The molecule has 0 spiro atoms. The van der Waals surface area contributed by atoms with E-state index in [0.29, 0.717) is 20.9 Å². The van der Waals surface area contributed by atoms with Gasteiger partial charge in [-0.25, -0.2) is 4.98 Å². The van der Waals surface area contributed by atoms with Crippen molar-refractivity contribution < 1.29 is 14.3 Å². The highest BCUT2D eigenvalue weighted by atomic mass is 35.5. The fourth-order valence-electron chi connectivity index (χ4n) is 2.81. The van der Waals surface area contributed by atoms with Gasteiger partial charge in [0.05, 0.1) is 21.8 Å². The molecule has 162 valence electrons. The first kappa shape index (κ1) is 23.1. The second-order valence-electron chi connectivity index (χ2n) is 6.91. The summed E-state index contributed by atoms with van der Waals surface area (Å²) in [5.74, 6) is 0.0470. The largest absolute Gasteiger partial charge is 0.481 e. The third-order valence-electron chi connectivity index (χ3n) is 4.43. The van der Waals surface area contributed by atoms with Crippen molar-refractivity contribution in [2.24, 2.45) is 0 Å². The Kier molecular flexibility index (Phi) is 7.54. The van der Waals surface area contributed by atoms with Crippen LogP contribution in [-0.4, -0.2) is 22.9 Å². The number of anilines is 1. The minimum Gasteiger partial charge on any atom is -0.481 e. The maximum atomic E-state index is 12.5. The van der Waals surface area contributed by atoms with E-state index in [0.717, 1.165) is 16.8 Å². The first-order valence-electron chi connectivity index (χ1n) is 9.48. The van der Waals surface area contributed by atoms with Crippen LogP contribution in [0.15, 0.2) is 47.8 Å². The number of halogens is 2. The Balaban J connectivity index is 1.61. The molecule has 1 heterocycles. The molecule has 0 fully saturated rings. The topological polar surface area (TPSA) is 80.3 Å². The smallest absolute Gasteiger partial charge is 0.266 e. The third kappa shape index (κ3) is 6.19. The highest BCUT2D eigenvalue weighted by molar-refractivity contribution is 7.14. The van der Waals surface area contributed by atoms with Gasteiger partial charge in [-0.3, -0.25) is 14.9 Å². The average molecular weight is 478 g/mol. The highest BCUT2D eigenvalue weighted by Crippen LogP contribution is 2.28.